The Kier molecular flexibility index (Phi) is 11.1. The maximum Gasteiger partial charge on any atom is 0.250 e. The first-order valence-electron chi connectivity index (χ1n) is 16.3. The third-order valence-corrected chi connectivity index (χ3v) is 13.1. The summed E-state index contributed by atoms with van der Waals surface area (Å²) in [4.78, 5) is 0. The van der Waals surface area contributed by atoms with Crippen molar-refractivity contribution in [2.75, 3.05) is 33.0 Å². The predicted octanol–water partition coefficient (Wildman–Crippen LogP) is 7.62. The maximum absolute atomic E-state index is 6.68. The quantitative estimate of drug-likeness (QED) is 0.0983. The van der Waals surface area contributed by atoms with Crippen molar-refractivity contribution in [1.29, 1.82) is 0 Å². The monoisotopic (exact) mass is 634 g/mol. The van der Waals surface area contributed by atoms with E-state index < -0.39 is 8.32 Å². The summed E-state index contributed by atoms with van der Waals surface area (Å²) in [6.07, 6.45) is 7.07. The minimum atomic E-state index is -2.00. The van der Waals surface area contributed by atoms with Gasteiger partial charge in [0.15, 0.2) is 6.23 Å². The Labute approximate surface area is 268 Å². The molecule has 2 aromatic carbocycles. The van der Waals surface area contributed by atoms with Crippen molar-refractivity contribution in [1.82, 2.24) is 19.6 Å². The SMILES string of the molecule is CC(COCCOCCn1cc(-c2nn(C3CCCCO3)c3ccc(O[Si](C)(C)C(C)(C)C)cc23)cn1)OCc1ccccc1. The molecule has 45 heavy (non-hydrogen) atoms. The van der Waals surface area contributed by atoms with Gasteiger partial charge in [0.25, 0.3) is 0 Å². The van der Waals surface area contributed by atoms with Gasteiger partial charge >= 0.3 is 0 Å². The third kappa shape index (κ3) is 8.83. The topological polar surface area (TPSA) is 81.8 Å². The molecule has 0 spiro atoms. The molecule has 9 nitrogen and oxygen atoms in total. The van der Waals surface area contributed by atoms with Gasteiger partial charge in [0.1, 0.15) is 11.4 Å². The average molecular weight is 635 g/mol. The van der Waals surface area contributed by atoms with E-state index in [9.17, 15) is 0 Å². The molecule has 1 saturated heterocycles. The molecular weight excluding hydrogens is 584 g/mol. The molecule has 0 amide bonds. The minimum Gasteiger partial charge on any atom is -0.543 e. The fourth-order valence-corrected chi connectivity index (χ4v) is 6.10. The zero-order valence-electron chi connectivity index (χ0n) is 27.8. The third-order valence-electron chi connectivity index (χ3n) is 8.76. The number of aromatic nitrogens is 4. The van der Waals surface area contributed by atoms with E-state index in [1.807, 2.05) is 46.9 Å². The highest BCUT2D eigenvalue weighted by Gasteiger charge is 2.39. The van der Waals surface area contributed by atoms with Gasteiger partial charge < -0.3 is 23.4 Å². The van der Waals surface area contributed by atoms with Crippen molar-refractivity contribution >= 4 is 19.2 Å². The van der Waals surface area contributed by atoms with Crippen LogP contribution in [0.5, 0.6) is 5.75 Å². The summed E-state index contributed by atoms with van der Waals surface area (Å²) in [5, 5.41) is 10.9. The lowest BCUT2D eigenvalue weighted by Crippen LogP contribution is -2.43. The molecule has 1 aliphatic heterocycles. The van der Waals surface area contributed by atoms with E-state index in [2.05, 4.69) is 69.3 Å². The number of nitrogens with zero attached hydrogens (tertiary/aromatic N) is 4. The lowest BCUT2D eigenvalue weighted by Gasteiger charge is -2.36. The van der Waals surface area contributed by atoms with Gasteiger partial charge in [0.2, 0.25) is 8.32 Å². The van der Waals surface area contributed by atoms with Crippen molar-refractivity contribution in [3.05, 3.63) is 66.5 Å². The van der Waals surface area contributed by atoms with Crippen molar-refractivity contribution in [3.8, 4) is 17.0 Å². The van der Waals surface area contributed by atoms with Gasteiger partial charge in [0.05, 0.1) is 57.4 Å². The van der Waals surface area contributed by atoms with E-state index in [1.54, 1.807) is 0 Å². The predicted molar refractivity (Wildman–Crippen MR) is 180 cm³/mol. The van der Waals surface area contributed by atoms with Crippen LogP contribution >= 0.6 is 0 Å². The lowest BCUT2D eigenvalue weighted by molar-refractivity contribution is -0.0365. The Morgan fingerprint density at radius 3 is 2.58 bits per heavy atom. The van der Waals surface area contributed by atoms with Crippen molar-refractivity contribution in [3.63, 3.8) is 0 Å². The largest absolute Gasteiger partial charge is 0.543 e. The molecule has 0 saturated carbocycles. The number of fused-ring (bicyclic) bond motifs is 1. The smallest absolute Gasteiger partial charge is 0.250 e. The van der Waals surface area contributed by atoms with Crippen LogP contribution in [0.3, 0.4) is 0 Å². The molecule has 1 aliphatic rings. The first-order chi connectivity index (χ1) is 21.6. The molecule has 2 unspecified atom stereocenters. The summed E-state index contributed by atoms with van der Waals surface area (Å²) in [5.74, 6) is 0.889. The molecule has 244 valence electrons. The van der Waals surface area contributed by atoms with Gasteiger partial charge in [0, 0.05) is 23.8 Å². The molecule has 0 radical (unpaired) electrons. The van der Waals surface area contributed by atoms with E-state index in [0.29, 0.717) is 39.6 Å². The first kappa shape index (κ1) is 33.3. The van der Waals surface area contributed by atoms with E-state index in [-0.39, 0.29) is 17.4 Å². The van der Waals surface area contributed by atoms with Crippen LogP contribution in [-0.4, -0.2) is 67.0 Å². The maximum atomic E-state index is 6.68. The zero-order valence-corrected chi connectivity index (χ0v) is 28.8. The zero-order chi connectivity index (χ0) is 31.9. The van der Waals surface area contributed by atoms with Crippen LogP contribution in [0.15, 0.2) is 60.9 Å². The first-order valence-corrected chi connectivity index (χ1v) is 19.2. The highest BCUT2D eigenvalue weighted by molar-refractivity contribution is 6.74. The molecule has 3 heterocycles. The lowest BCUT2D eigenvalue weighted by atomic mass is 10.1. The molecule has 5 rings (SSSR count). The van der Waals surface area contributed by atoms with E-state index in [4.69, 9.17) is 28.5 Å². The summed E-state index contributed by atoms with van der Waals surface area (Å²) in [6, 6.07) is 16.5. The summed E-state index contributed by atoms with van der Waals surface area (Å²) in [6.45, 7) is 17.5. The van der Waals surface area contributed by atoms with Crippen LogP contribution in [0.4, 0.5) is 0 Å². The Morgan fingerprint density at radius 2 is 1.82 bits per heavy atom. The summed E-state index contributed by atoms with van der Waals surface area (Å²) in [7, 11) is -2.00. The minimum absolute atomic E-state index is 0.0200. The van der Waals surface area contributed by atoms with Crippen LogP contribution in [0.25, 0.3) is 22.2 Å². The second-order valence-corrected chi connectivity index (χ2v) is 18.2. The molecule has 2 atom stereocenters. The van der Waals surface area contributed by atoms with Crippen LogP contribution < -0.4 is 4.43 Å². The molecular formula is C35H50N4O5Si. The normalized spacial score (nSPS) is 16.7. The summed E-state index contributed by atoms with van der Waals surface area (Å²) in [5.41, 5.74) is 4.07. The number of ether oxygens (including phenoxy) is 4. The Hall–Kier alpha value is -3.02. The fraction of sp³-hybridized carbons (Fsp3) is 0.543. The van der Waals surface area contributed by atoms with Crippen LogP contribution in [0, 0.1) is 0 Å². The van der Waals surface area contributed by atoms with Crippen LogP contribution in [-0.2, 0) is 32.1 Å². The molecule has 0 aliphatic carbocycles. The van der Waals surface area contributed by atoms with Crippen LogP contribution in [0.2, 0.25) is 18.1 Å². The van der Waals surface area contributed by atoms with Gasteiger partial charge in [-0.15, -0.1) is 0 Å². The highest BCUT2D eigenvalue weighted by Crippen LogP contribution is 2.39. The van der Waals surface area contributed by atoms with Gasteiger partial charge in [-0.2, -0.15) is 10.2 Å². The molecule has 0 N–H and O–H groups in total. The molecule has 0 bridgehead atoms. The Morgan fingerprint density at radius 1 is 1.02 bits per heavy atom. The van der Waals surface area contributed by atoms with Gasteiger partial charge in [-0.25, -0.2) is 4.68 Å². The van der Waals surface area contributed by atoms with E-state index in [1.165, 1.54) is 0 Å². The van der Waals surface area contributed by atoms with Gasteiger partial charge in [-0.05, 0) is 68.1 Å². The Balaban J connectivity index is 1.17. The average Bonchev–Trinajstić information content (AvgIpc) is 3.64. The fourth-order valence-electron chi connectivity index (χ4n) is 5.08. The van der Waals surface area contributed by atoms with Crippen LogP contribution in [0.1, 0.15) is 58.7 Å². The van der Waals surface area contributed by atoms with Crippen molar-refractivity contribution in [2.45, 2.75) is 90.6 Å². The second kappa shape index (κ2) is 15.0. The molecule has 10 heteroatoms. The Bertz CT molecular complexity index is 1490. The number of benzene rings is 2. The summed E-state index contributed by atoms with van der Waals surface area (Å²) < 4.78 is 34.2. The van der Waals surface area contributed by atoms with Gasteiger partial charge in [-0.3, -0.25) is 4.68 Å². The molecule has 2 aromatic heterocycles. The number of rotatable bonds is 15. The molecule has 4 aromatic rings. The second-order valence-electron chi connectivity index (χ2n) is 13.4. The summed E-state index contributed by atoms with van der Waals surface area (Å²) >= 11 is 0. The standard InChI is InChI=1S/C35H50N4O5Si/c1-27(43-26-28-12-8-7-9-13-28)25-41-21-20-40-19-17-38-24-29(23-36-38)34-31-22-30(44-45(5,6)35(2,3)4)15-16-32(31)39(37-34)33-14-10-11-18-42-33/h7-9,12-13,15-16,22-24,27,33H,10-11,14,17-21,25-26H2,1-6H3. The van der Waals surface area contributed by atoms with Crippen molar-refractivity contribution in [2.24, 2.45) is 0 Å². The van der Waals surface area contributed by atoms with E-state index in [0.717, 1.165) is 59.3 Å². The number of hydrogen-bond donors (Lipinski definition) is 0. The molecule has 1 fully saturated rings. The van der Waals surface area contributed by atoms with Gasteiger partial charge in [-0.1, -0.05) is 51.1 Å². The number of hydrogen-bond acceptors (Lipinski definition) is 7. The highest BCUT2D eigenvalue weighted by atomic mass is 28.4. The van der Waals surface area contributed by atoms with E-state index >= 15 is 0 Å². The van der Waals surface area contributed by atoms with Crippen molar-refractivity contribution < 1.29 is 23.4 Å².